The van der Waals surface area contributed by atoms with E-state index in [0.29, 0.717) is 22.2 Å². The number of anilines is 3. The first kappa shape index (κ1) is 27.8. The minimum absolute atomic E-state index is 0.131. The van der Waals surface area contributed by atoms with E-state index in [0.717, 1.165) is 12.1 Å². The maximum Gasteiger partial charge on any atom is 0.416 e. The number of aromatic nitrogens is 2. The molecule has 7 nitrogen and oxygen atoms in total. The van der Waals surface area contributed by atoms with Gasteiger partial charge < -0.3 is 16.0 Å². The average molecular weight is 556 g/mol. The molecule has 202 valence electrons. The summed E-state index contributed by atoms with van der Waals surface area (Å²) in [6.45, 7) is 5.63. The summed E-state index contributed by atoms with van der Waals surface area (Å²) in [5, 5.41) is 9.25. The van der Waals surface area contributed by atoms with Crippen molar-refractivity contribution < 1.29 is 22.8 Å². The molecule has 0 aliphatic carbocycles. The van der Waals surface area contributed by atoms with Gasteiger partial charge >= 0.3 is 6.18 Å². The Morgan fingerprint density at radius 1 is 0.949 bits per heavy atom. The standard InChI is InChI=1S/C28H25ClF3N5O2/c1-27(2,3)26(39)33-14-16-10-11-21(29)20(12-16)25(38)37-22-9-5-8-19-23(22)34-15-35-24(19)36-18-7-4-6-17(13-18)28(30,31)32/h4-13,15H,14H2,1-3H3,(H,33,39)(H,37,38)(H,34,35,36). The van der Waals surface area contributed by atoms with E-state index < -0.39 is 23.1 Å². The van der Waals surface area contributed by atoms with Crippen LogP contribution in [0.25, 0.3) is 10.9 Å². The van der Waals surface area contributed by atoms with Crippen LogP contribution >= 0.6 is 11.6 Å². The second-order valence-corrected chi connectivity index (χ2v) is 10.2. The van der Waals surface area contributed by atoms with Crippen molar-refractivity contribution in [1.29, 1.82) is 0 Å². The molecule has 4 aromatic rings. The molecule has 39 heavy (non-hydrogen) atoms. The van der Waals surface area contributed by atoms with Gasteiger partial charge in [-0.1, -0.05) is 50.6 Å². The van der Waals surface area contributed by atoms with Gasteiger partial charge in [-0.25, -0.2) is 9.97 Å². The largest absolute Gasteiger partial charge is 0.416 e. The SMILES string of the molecule is CC(C)(C)C(=O)NCc1ccc(Cl)c(C(=O)Nc2cccc3c(Nc4cccc(C(F)(F)F)c4)ncnc23)c1. The van der Waals surface area contributed by atoms with Crippen molar-refractivity contribution in [2.24, 2.45) is 5.41 Å². The number of hydrogen-bond donors (Lipinski definition) is 3. The van der Waals surface area contributed by atoms with Crippen LogP contribution in [0.4, 0.5) is 30.4 Å². The van der Waals surface area contributed by atoms with Crippen molar-refractivity contribution in [1.82, 2.24) is 15.3 Å². The summed E-state index contributed by atoms with van der Waals surface area (Å²) in [7, 11) is 0. The van der Waals surface area contributed by atoms with Gasteiger partial charge in [-0.3, -0.25) is 9.59 Å². The third-order valence-corrected chi connectivity index (χ3v) is 6.10. The van der Waals surface area contributed by atoms with Crippen molar-refractivity contribution in [2.75, 3.05) is 10.6 Å². The summed E-state index contributed by atoms with van der Waals surface area (Å²) in [5.41, 5.74) is 0.465. The van der Waals surface area contributed by atoms with Gasteiger partial charge in [0.15, 0.2) is 0 Å². The smallest absolute Gasteiger partial charge is 0.352 e. The lowest BCUT2D eigenvalue weighted by atomic mass is 9.95. The zero-order valence-corrected chi connectivity index (χ0v) is 22.0. The number of alkyl halides is 3. The molecule has 0 saturated carbocycles. The molecule has 4 rings (SSSR count). The van der Waals surface area contributed by atoms with Gasteiger partial charge in [0.1, 0.15) is 12.1 Å². The lowest BCUT2D eigenvalue weighted by Crippen LogP contribution is -2.34. The molecule has 0 bridgehead atoms. The third-order valence-electron chi connectivity index (χ3n) is 5.78. The van der Waals surface area contributed by atoms with Crippen molar-refractivity contribution in [3.05, 3.63) is 88.7 Å². The molecule has 0 unspecified atom stereocenters. The summed E-state index contributed by atoms with van der Waals surface area (Å²) >= 11 is 6.31. The van der Waals surface area contributed by atoms with Crippen molar-refractivity contribution in [3.63, 3.8) is 0 Å². The predicted molar refractivity (Wildman–Crippen MR) is 145 cm³/mol. The molecule has 0 atom stereocenters. The van der Waals surface area contributed by atoms with E-state index in [9.17, 15) is 22.8 Å². The van der Waals surface area contributed by atoms with Gasteiger partial charge in [-0.05, 0) is 48.0 Å². The highest BCUT2D eigenvalue weighted by Crippen LogP contribution is 2.33. The molecule has 1 aromatic heterocycles. The Morgan fingerprint density at radius 3 is 2.41 bits per heavy atom. The Labute approximate surface area is 227 Å². The second kappa shape index (κ2) is 10.9. The molecule has 0 spiro atoms. The lowest BCUT2D eigenvalue weighted by Gasteiger charge is -2.18. The summed E-state index contributed by atoms with van der Waals surface area (Å²) in [6, 6.07) is 14.7. The summed E-state index contributed by atoms with van der Waals surface area (Å²) in [6.07, 6.45) is -3.24. The van der Waals surface area contributed by atoms with E-state index in [4.69, 9.17) is 11.6 Å². The number of hydrogen-bond acceptors (Lipinski definition) is 5. The minimum atomic E-state index is -4.49. The van der Waals surface area contributed by atoms with Gasteiger partial charge in [-0.2, -0.15) is 13.2 Å². The van der Waals surface area contributed by atoms with Crippen molar-refractivity contribution >= 4 is 51.5 Å². The van der Waals surface area contributed by atoms with E-state index in [2.05, 4.69) is 25.9 Å². The van der Waals surface area contributed by atoms with Gasteiger partial charge in [-0.15, -0.1) is 0 Å². The molecule has 3 aromatic carbocycles. The average Bonchev–Trinajstić information content (AvgIpc) is 2.87. The van der Waals surface area contributed by atoms with Crippen molar-refractivity contribution in [3.8, 4) is 0 Å². The normalized spacial score (nSPS) is 11.8. The number of nitrogens with one attached hydrogen (secondary N) is 3. The maximum absolute atomic E-state index is 13.2. The number of rotatable bonds is 6. The molecule has 3 N–H and O–H groups in total. The molecule has 0 radical (unpaired) electrons. The second-order valence-electron chi connectivity index (χ2n) is 9.83. The van der Waals surface area contributed by atoms with Crippen LogP contribution in [0, 0.1) is 5.41 Å². The van der Waals surface area contributed by atoms with Crippen LogP contribution in [0.3, 0.4) is 0 Å². The minimum Gasteiger partial charge on any atom is -0.352 e. The van der Waals surface area contributed by atoms with Crippen LogP contribution in [0.2, 0.25) is 5.02 Å². The maximum atomic E-state index is 13.2. The molecule has 0 saturated heterocycles. The van der Waals surface area contributed by atoms with E-state index in [1.165, 1.54) is 18.5 Å². The van der Waals surface area contributed by atoms with Crippen molar-refractivity contribution in [2.45, 2.75) is 33.5 Å². The lowest BCUT2D eigenvalue weighted by molar-refractivity contribution is -0.137. The Morgan fingerprint density at radius 2 is 1.69 bits per heavy atom. The number of para-hydroxylation sites is 1. The number of carbonyl (C=O) groups is 2. The van der Waals surface area contributed by atoms with E-state index in [-0.39, 0.29) is 34.5 Å². The first-order valence-electron chi connectivity index (χ1n) is 11.9. The van der Waals surface area contributed by atoms with Crippen LogP contribution in [0.15, 0.2) is 67.0 Å². The number of nitrogens with zero attached hydrogens (tertiary/aromatic N) is 2. The number of fused-ring (bicyclic) bond motifs is 1. The van der Waals surface area contributed by atoms with Gasteiger partial charge in [0.2, 0.25) is 5.91 Å². The van der Waals surface area contributed by atoms with Gasteiger partial charge in [0.05, 0.1) is 27.4 Å². The molecule has 0 aliphatic rings. The summed E-state index contributed by atoms with van der Waals surface area (Å²) < 4.78 is 39.4. The Balaban J connectivity index is 1.58. The molecule has 2 amide bonds. The summed E-state index contributed by atoms with van der Waals surface area (Å²) in [5.74, 6) is -0.360. The first-order chi connectivity index (χ1) is 18.3. The third kappa shape index (κ3) is 6.64. The van der Waals surface area contributed by atoms with Gasteiger partial charge in [0.25, 0.3) is 5.91 Å². The number of halogens is 4. The Hall–Kier alpha value is -4.18. The van der Waals surface area contributed by atoms with Crippen LogP contribution in [-0.4, -0.2) is 21.8 Å². The predicted octanol–water partition coefficient (Wildman–Crippen LogP) is 6.96. The highest BCUT2D eigenvalue weighted by molar-refractivity contribution is 6.34. The molecule has 0 aliphatic heterocycles. The molecule has 0 fully saturated rings. The fraction of sp³-hybridized carbons (Fsp3) is 0.214. The quantitative estimate of drug-likeness (QED) is 0.239. The van der Waals surface area contributed by atoms with E-state index >= 15 is 0 Å². The number of benzene rings is 3. The zero-order chi connectivity index (χ0) is 28.4. The molecular formula is C28H25ClF3N5O2. The monoisotopic (exact) mass is 555 g/mol. The Kier molecular flexibility index (Phi) is 7.78. The summed E-state index contributed by atoms with van der Waals surface area (Å²) in [4.78, 5) is 33.8. The van der Waals surface area contributed by atoms with Crippen LogP contribution < -0.4 is 16.0 Å². The van der Waals surface area contributed by atoms with Crippen LogP contribution in [-0.2, 0) is 17.5 Å². The fourth-order valence-corrected chi connectivity index (χ4v) is 3.89. The molecule has 1 heterocycles. The number of carbonyl (C=O) groups excluding carboxylic acids is 2. The first-order valence-corrected chi connectivity index (χ1v) is 12.3. The topological polar surface area (TPSA) is 96.0 Å². The van der Waals surface area contributed by atoms with Crippen LogP contribution in [0.5, 0.6) is 0 Å². The highest BCUT2D eigenvalue weighted by Gasteiger charge is 2.30. The molecular weight excluding hydrogens is 531 g/mol. The Bertz CT molecular complexity index is 1550. The van der Waals surface area contributed by atoms with E-state index in [1.807, 2.05) is 0 Å². The number of amides is 2. The van der Waals surface area contributed by atoms with Gasteiger partial charge in [0, 0.05) is 23.0 Å². The highest BCUT2D eigenvalue weighted by atomic mass is 35.5. The van der Waals surface area contributed by atoms with E-state index in [1.54, 1.807) is 57.2 Å². The van der Waals surface area contributed by atoms with Crippen LogP contribution in [0.1, 0.15) is 42.3 Å². The fourth-order valence-electron chi connectivity index (χ4n) is 3.69. The molecule has 11 heteroatoms. The zero-order valence-electron chi connectivity index (χ0n) is 21.3.